The second-order valence-corrected chi connectivity index (χ2v) is 5.83. The third kappa shape index (κ3) is 3.30. The minimum Gasteiger partial charge on any atom is -0.308 e. The largest absolute Gasteiger partial charge is 0.308 e. The first-order chi connectivity index (χ1) is 10.4. The van der Waals surface area contributed by atoms with Gasteiger partial charge in [0, 0.05) is 18.6 Å². The molecule has 1 heterocycles. The summed E-state index contributed by atoms with van der Waals surface area (Å²) in [6, 6.07) is 9.15. The van der Waals surface area contributed by atoms with Gasteiger partial charge in [0.15, 0.2) is 0 Å². The molecule has 0 saturated carbocycles. The van der Waals surface area contributed by atoms with Crippen LogP contribution in [0.25, 0.3) is 0 Å². The van der Waals surface area contributed by atoms with E-state index < -0.39 is 0 Å². The fourth-order valence-electron chi connectivity index (χ4n) is 3.29. The van der Waals surface area contributed by atoms with Gasteiger partial charge >= 0.3 is 0 Å². The fraction of sp³-hybridized carbons (Fsp3) is 0.444. The molecular formula is C18H23N3. The Kier molecular flexibility index (Phi) is 4.61. The molecule has 0 bridgehead atoms. The molecule has 2 aromatic rings. The molecule has 0 radical (unpaired) electrons. The van der Waals surface area contributed by atoms with Crippen LogP contribution in [-0.2, 0) is 12.8 Å². The van der Waals surface area contributed by atoms with Crippen molar-refractivity contribution >= 4 is 0 Å². The monoisotopic (exact) mass is 281 g/mol. The van der Waals surface area contributed by atoms with Crippen molar-refractivity contribution < 1.29 is 0 Å². The molecule has 3 nitrogen and oxygen atoms in total. The quantitative estimate of drug-likeness (QED) is 0.913. The average molecular weight is 281 g/mol. The van der Waals surface area contributed by atoms with Gasteiger partial charge in [-0.05, 0) is 49.3 Å². The van der Waals surface area contributed by atoms with Crippen LogP contribution < -0.4 is 5.32 Å². The summed E-state index contributed by atoms with van der Waals surface area (Å²) in [6.45, 7) is 3.23. The van der Waals surface area contributed by atoms with Crippen molar-refractivity contribution in [1.29, 1.82) is 0 Å². The average Bonchev–Trinajstić information content (AvgIpc) is 2.56. The molecule has 3 heteroatoms. The molecule has 2 unspecified atom stereocenters. The van der Waals surface area contributed by atoms with Crippen LogP contribution in [0.4, 0.5) is 0 Å². The lowest BCUT2D eigenvalue weighted by Crippen LogP contribution is -2.33. The van der Waals surface area contributed by atoms with Gasteiger partial charge in [-0.15, -0.1) is 0 Å². The van der Waals surface area contributed by atoms with Gasteiger partial charge in [0.25, 0.3) is 0 Å². The zero-order chi connectivity index (χ0) is 14.5. The maximum absolute atomic E-state index is 4.54. The van der Waals surface area contributed by atoms with Crippen LogP contribution in [-0.4, -0.2) is 16.5 Å². The summed E-state index contributed by atoms with van der Waals surface area (Å²) in [5.74, 6) is 0.600. The zero-order valence-corrected chi connectivity index (χ0v) is 12.6. The van der Waals surface area contributed by atoms with Crippen molar-refractivity contribution in [3.8, 4) is 0 Å². The predicted octanol–water partition coefficient (Wildman–Crippen LogP) is 3.32. The van der Waals surface area contributed by atoms with Gasteiger partial charge in [-0.3, -0.25) is 9.97 Å². The third-order valence-electron chi connectivity index (χ3n) is 4.37. The highest BCUT2D eigenvalue weighted by Crippen LogP contribution is 2.33. The van der Waals surface area contributed by atoms with Crippen LogP contribution in [0.5, 0.6) is 0 Å². The van der Waals surface area contributed by atoms with Gasteiger partial charge in [0.1, 0.15) is 0 Å². The molecule has 0 aliphatic heterocycles. The Bertz CT molecular complexity index is 568. The summed E-state index contributed by atoms with van der Waals surface area (Å²) < 4.78 is 0. The second kappa shape index (κ2) is 6.81. The second-order valence-electron chi connectivity index (χ2n) is 5.83. The fourth-order valence-corrected chi connectivity index (χ4v) is 3.29. The van der Waals surface area contributed by atoms with Crippen molar-refractivity contribution in [3.05, 3.63) is 59.7 Å². The first-order valence-electron chi connectivity index (χ1n) is 7.94. The SMILES string of the molecule is CCCNC(c1cnccn1)C1CCc2ccccc2C1. The number of hydrogen-bond donors (Lipinski definition) is 1. The smallest absolute Gasteiger partial charge is 0.0759 e. The number of benzene rings is 1. The summed E-state index contributed by atoms with van der Waals surface area (Å²) in [5.41, 5.74) is 4.10. The molecule has 0 spiro atoms. The molecule has 0 saturated heterocycles. The Morgan fingerprint density at radius 3 is 2.86 bits per heavy atom. The van der Waals surface area contributed by atoms with Crippen LogP contribution >= 0.6 is 0 Å². The maximum Gasteiger partial charge on any atom is 0.0759 e. The number of nitrogens with one attached hydrogen (secondary N) is 1. The van der Waals surface area contributed by atoms with Crippen LogP contribution in [0.2, 0.25) is 0 Å². The van der Waals surface area contributed by atoms with E-state index in [9.17, 15) is 0 Å². The third-order valence-corrected chi connectivity index (χ3v) is 4.37. The molecule has 110 valence electrons. The minimum absolute atomic E-state index is 0.312. The highest BCUT2D eigenvalue weighted by Gasteiger charge is 2.27. The zero-order valence-electron chi connectivity index (χ0n) is 12.6. The van der Waals surface area contributed by atoms with Gasteiger partial charge in [-0.1, -0.05) is 31.2 Å². The Labute approximate surface area is 126 Å². The Balaban J connectivity index is 1.81. The lowest BCUT2D eigenvalue weighted by molar-refractivity contribution is 0.320. The normalized spacial score (nSPS) is 19.0. The molecular weight excluding hydrogens is 258 g/mol. The molecule has 0 fully saturated rings. The molecule has 1 aliphatic rings. The molecule has 1 aromatic carbocycles. The molecule has 2 atom stereocenters. The van der Waals surface area contributed by atoms with Gasteiger partial charge in [0.2, 0.25) is 0 Å². The molecule has 1 N–H and O–H groups in total. The lowest BCUT2D eigenvalue weighted by atomic mass is 9.79. The highest BCUT2D eigenvalue weighted by atomic mass is 15.0. The number of nitrogens with zero attached hydrogens (tertiary/aromatic N) is 2. The first-order valence-corrected chi connectivity index (χ1v) is 7.94. The van der Waals surface area contributed by atoms with Gasteiger partial charge in [-0.25, -0.2) is 0 Å². The predicted molar refractivity (Wildman–Crippen MR) is 85.0 cm³/mol. The highest BCUT2D eigenvalue weighted by molar-refractivity contribution is 5.30. The number of fused-ring (bicyclic) bond motifs is 1. The minimum atomic E-state index is 0.312. The summed E-state index contributed by atoms with van der Waals surface area (Å²) in [6.07, 6.45) is 10.1. The van der Waals surface area contributed by atoms with Crippen molar-refractivity contribution in [2.45, 2.75) is 38.6 Å². The Morgan fingerprint density at radius 1 is 1.24 bits per heavy atom. The summed E-state index contributed by atoms with van der Waals surface area (Å²) in [7, 11) is 0. The van der Waals surface area contributed by atoms with E-state index in [2.05, 4.69) is 46.5 Å². The van der Waals surface area contributed by atoms with E-state index in [1.165, 1.54) is 24.0 Å². The van der Waals surface area contributed by atoms with E-state index >= 15 is 0 Å². The van der Waals surface area contributed by atoms with E-state index in [4.69, 9.17) is 0 Å². The van der Waals surface area contributed by atoms with Crippen molar-refractivity contribution in [3.63, 3.8) is 0 Å². The molecule has 1 aliphatic carbocycles. The van der Waals surface area contributed by atoms with Crippen molar-refractivity contribution in [1.82, 2.24) is 15.3 Å². The summed E-state index contributed by atoms with van der Waals surface area (Å²) >= 11 is 0. The van der Waals surface area contributed by atoms with Gasteiger partial charge in [0.05, 0.1) is 11.7 Å². The molecule has 0 amide bonds. The number of aryl methyl sites for hydroxylation is 1. The van der Waals surface area contributed by atoms with E-state index in [1.807, 2.05) is 6.20 Å². The summed E-state index contributed by atoms with van der Waals surface area (Å²) in [4.78, 5) is 8.79. The van der Waals surface area contributed by atoms with Crippen LogP contribution in [0.1, 0.15) is 42.6 Å². The summed E-state index contributed by atoms with van der Waals surface area (Å²) in [5, 5.41) is 3.68. The van der Waals surface area contributed by atoms with Gasteiger partial charge in [-0.2, -0.15) is 0 Å². The first kappa shape index (κ1) is 14.2. The molecule has 21 heavy (non-hydrogen) atoms. The van der Waals surface area contributed by atoms with Crippen molar-refractivity contribution in [2.24, 2.45) is 5.92 Å². The van der Waals surface area contributed by atoms with Crippen LogP contribution in [0.3, 0.4) is 0 Å². The standard InChI is InChI=1S/C18H23N3/c1-2-9-21-18(17-13-19-10-11-20-17)16-8-7-14-5-3-4-6-15(14)12-16/h3-6,10-11,13,16,18,21H,2,7-9,12H2,1H3. The van der Waals surface area contributed by atoms with Crippen LogP contribution in [0, 0.1) is 5.92 Å². The topological polar surface area (TPSA) is 37.8 Å². The maximum atomic E-state index is 4.54. The number of rotatable bonds is 5. The Morgan fingerprint density at radius 2 is 2.10 bits per heavy atom. The molecule has 1 aromatic heterocycles. The van der Waals surface area contributed by atoms with Crippen molar-refractivity contribution in [2.75, 3.05) is 6.54 Å². The molecule has 3 rings (SSSR count). The number of aromatic nitrogens is 2. The lowest BCUT2D eigenvalue weighted by Gasteiger charge is -2.32. The van der Waals surface area contributed by atoms with Gasteiger partial charge < -0.3 is 5.32 Å². The van der Waals surface area contributed by atoms with Crippen LogP contribution in [0.15, 0.2) is 42.9 Å². The Hall–Kier alpha value is -1.74. The van der Waals surface area contributed by atoms with E-state index in [0.717, 1.165) is 25.1 Å². The van der Waals surface area contributed by atoms with E-state index in [1.54, 1.807) is 12.4 Å². The number of hydrogen-bond acceptors (Lipinski definition) is 3. The van der Waals surface area contributed by atoms with E-state index in [0.29, 0.717) is 12.0 Å². The van der Waals surface area contributed by atoms with E-state index in [-0.39, 0.29) is 0 Å².